The Morgan fingerprint density at radius 1 is 1.28 bits per heavy atom. The van der Waals surface area contributed by atoms with Gasteiger partial charge in [-0.05, 0) is 42.9 Å². The van der Waals surface area contributed by atoms with Crippen LogP contribution in [0.25, 0.3) is 0 Å². The van der Waals surface area contributed by atoms with Crippen LogP contribution in [0.5, 0.6) is 11.5 Å². The molecule has 2 rings (SSSR count). The van der Waals surface area contributed by atoms with Crippen molar-refractivity contribution in [2.45, 2.75) is 38.2 Å². The second-order valence-corrected chi connectivity index (χ2v) is 4.99. The molecule has 1 fully saturated rings. The Bertz CT molecular complexity index is 416. The summed E-state index contributed by atoms with van der Waals surface area (Å²) in [7, 11) is 3.24. The SMILES string of the molecule is CCC1CCCC1(O)c1ccc(OC)c(OC)c1. The molecular formula is C15H22O3. The molecule has 18 heavy (non-hydrogen) atoms. The van der Waals surface area contributed by atoms with Gasteiger partial charge in [-0.2, -0.15) is 0 Å². The summed E-state index contributed by atoms with van der Waals surface area (Å²) in [5.74, 6) is 1.73. The third-order valence-corrected chi connectivity index (χ3v) is 4.16. The third-order valence-electron chi connectivity index (χ3n) is 4.16. The lowest BCUT2D eigenvalue weighted by Crippen LogP contribution is -2.29. The van der Waals surface area contributed by atoms with E-state index < -0.39 is 5.60 Å². The summed E-state index contributed by atoms with van der Waals surface area (Å²) in [6.45, 7) is 2.14. The van der Waals surface area contributed by atoms with E-state index in [1.165, 1.54) is 0 Å². The average molecular weight is 250 g/mol. The Morgan fingerprint density at radius 2 is 2.00 bits per heavy atom. The van der Waals surface area contributed by atoms with E-state index in [0.29, 0.717) is 17.4 Å². The van der Waals surface area contributed by atoms with E-state index >= 15 is 0 Å². The molecule has 0 bridgehead atoms. The van der Waals surface area contributed by atoms with Gasteiger partial charge in [0.15, 0.2) is 11.5 Å². The van der Waals surface area contributed by atoms with Crippen LogP contribution in [0, 0.1) is 5.92 Å². The fourth-order valence-electron chi connectivity index (χ4n) is 3.09. The van der Waals surface area contributed by atoms with Gasteiger partial charge < -0.3 is 14.6 Å². The van der Waals surface area contributed by atoms with E-state index in [9.17, 15) is 5.11 Å². The van der Waals surface area contributed by atoms with Crippen LogP contribution >= 0.6 is 0 Å². The highest BCUT2D eigenvalue weighted by Gasteiger charge is 2.41. The van der Waals surface area contributed by atoms with Gasteiger partial charge in [0, 0.05) is 0 Å². The third kappa shape index (κ3) is 2.07. The van der Waals surface area contributed by atoms with Crippen molar-refractivity contribution in [3.63, 3.8) is 0 Å². The van der Waals surface area contributed by atoms with Gasteiger partial charge in [0.1, 0.15) is 0 Å². The maximum absolute atomic E-state index is 10.9. The number of ether oxygens (including phenoxy) is 2. The summed E-state index contributed by atoms with van der Waals surface area (Å²) in [5.41, 5.74) is 0.249. The first kappa shape index (κ1) is 13.2. The Kier molecular flexibility index (Phi) is 3.81. The van der Waals surface area contributed by atoms with Crippen molar-refractivity contribution in [3.05, 3.63) is 23.8 Å². The molecule has 2 atom stereocenters. The highest BCUT2D eigenvalue weighted by molar-refractivity contribution is 5.45. The predicted octanol–water partition coefficient (Wildman–Crippen LogP) is 3.10. The molecule has 1 aliphatic rings. The number of rotatable bonds is 4. The Morgan fingerprint density at radius 3 is 2.61 bits per heavy atom. The molecule has 0 radical (unpaired) electrons. The largest absolute Gasteiger partial charge is 0.493 e. The first-order valence-corrected chi connectivity index (χ1v) is 6.60. The number of benzene rings is 1. The van der Waals surface area contributed by atoms with Gasteiger partial charge in [0.05, 0.1) is 19.8 Å². The van der Waals surface area contributed by atoms with E-state index in [1.807, 2.05) is 18.2 Å². The monoisotopic (exact) mass is 250 g/mol. The van der Waals surface area contributed by atoms with Crippen molar-refractivity contribution in [1.29, 1.82) is 0 Å². The Balaban J connectivity index is 2.38. The van der Waals surface area contributed by atoms with Crippen LogP contribution in [0.3, 0.4) is 0 Å². The van der Waals surface area contributed by atoms with Crippen molar-refractivity contribution in [2.24, 2.45) is 5.92 Å². The van der Waals surface area contributed by atoms with Crippen LogP contribution < -0.4 is 9.47 Å². The van der Waals surface area contributed by atoms with Crippen molar-refractivity contribution in [1.82, 2.24) is 0 Å². The van der Waals surface area contributed by atoms with Gasteiger partial charge in [-0.1, -0.05) is 19.4 Å². The number of aliphatic hydroxyl groups is 1. The van der Waals surface area contributed by atoms with Crippen molar-refractivity contribution in [2.75, 3.05) is 14.2 Å². The van der Waals surface area contributed by atoms with Gasteiger partial charge >= 0.3 is 0 Å². The van der Waals surface area contributed by atoms with E-state index in [4.69, 9.17) is 9.47 Å². The molecule has 0 saturated heterocycles. The first-order valence-electron chi connectivity index (χ1n) is 6.60. The molecule has 3 nitrogen and oxygen atoms in total. The standard InChI is InChI=1S/C15H22O3/c1-4-11-6-5-9-15(11,16)12-7-8-13(17-2)14(10-12)18-3/h7-8,10-11,16H,4-6,9H2,1-3H3. The van der Waals surface area contributed by atoms with Gasteiger partial charge in [-0.15, -0.1) is 0 Å². The molecular weight excluding hydrogens is 228 g/mol. The molecule has 1 aromatic carbocycles. The molecule has 0 aromatic heterocycles. The number of hydrogen-bond donors (Lipinski definition) is 1. The summed E-state index contributed by atoms with van der Waals surface area (Å²) in [5, 5.41) is 10.9. The Labute approximate surface area is 109 Å². The van der Waals surface area contributed by atoms with Gasteiger partial charge in [-0.3, -0.25) is 0 Å². The summed E-state index contributed by atoms with van der Waals surface area (Å²) >= 11 is 0. The molecule has 0 amide bonds. The lowest BCUT2D eigenvalue weighted by molar-refractivity contribution is -0.00408. The molecule has 100 valence electrons. The van der Waals surface area contributed by atoms with Gasteiger partial charge in [0.2, 0.25) is 0 Å². The molecule has 1 aromatic rings. The number of hydrogen-bond acceptors (Lipinski definition) is 3. The van der Waals surface area contributed by atoms with Crippen molar-refractivity contribution >= 4 is 0 Å². The van der Waals surface area contributed by atoms with Crippen LogP contribution in [0.1, 0.15) is 38.2 Å². The van der Waals surface area contributed by atoms with Crippen LogP contribution in [0.4, 0.5) is 0 Å². The van der Waals surface area contributed by atoms with Crippen molar-refractivity contribution in [3.8, 4) is 11.5 Å². The molecule has 0 heterocycles. The first-order chi connectivity index (χ1) is 8.65. The van der Waals surface area contributed by atoms with E-state index in [1.54, 1.807) is 14.2 Å². The minimum absolute atomic E-state index is 0.343. The fraction of sp³-hybridized carbons (Fsp3) is 0.600. The summed E-state index contributed by atoms with van der Waals surface area (Å²) in [4.78, 5) is 0. The minimum atomic E-state index is -0.700. The second-order valence-electron chi connectivity index (χ2n) is 4.99. The zero-order valence-electron chi connectivity index (χ0n) is 11.4. The summed E-state index contributed by atoms with van der Waals surface area (Å²) < 4.78 is 10.5. The van der Waals surface area contributed by atoms with Crippen LogP contribution in [0.2, 0.25) is 0 Å². The fourth-order valence-corrected chi connectivity index (χ4v) is 3.09. The van der Waals surface area contributed by atoms with Gasteiger partial charge in [0.25, 0.3) is 0 Å². The molecule has 1 N–H and O–H groups in total. The molecule has 1 saturated carbocycles. The maximum atomic E-state index is 10.9. The molecule has 2 unspecified atom stereocenters. The zero-order valence-corrected chi connectivity index (χ0v) is 11.4. The quantitative estimate of drug-likeness (QED) is 0.892. The maximum Gasteiger partial charge on any atom is 0.161 e. The average Bonchev–Trinajstić information content (AvgIpc) is 2.80. The minimum Gasteiger partial charge on any atom is -0.493 e. The van der Waals surface area contributed by atoms with Crippen molar-refractivity contribution < 1.29 is 14.6 Å². The van der Waals surface area contributed by atoms with Gasteiger partial charge in [-0.25, -0.2) is 0 Å². The predicted molar refractivity (Wildman–Crippen MR) is 71.1 cm³/mol. The molecule has 3 heteroatoms. The zero-order chi connectivity index (χ0) is 13.2. The van der Waals surface area contributed by atoms with E-state index in [-0.39, 0.29) is 0 Å². The highest BCUT2D eigenvalue weighted by Crippen LogP contribution is 2.46. The smallest absolute Gasteiger partial charge is 0.161 e. The van der Waals surface area contributed by atoms with Crippen LogP contribution in [-0.2, 0) is 5.60 Å². The van der Waals surface area contributed by atoms with E-state index in [2.05, 4.69) is 6.92 Å². The summed E-state index contributed by atoms with van der Waals surface area (Å²) in [6.07, 6.45) is 4.02. The second kappa shape index (κ2) is 5.19. The van der Waals surface area contributed by atoms with Crippen LogP contribution in [-0.4, -0.2) is 19.3 Å². The Hall–Kier alpha value is -1.22. The lowest BCUT2D eigenvalue weighted by Gasteiger charge is -2.30. The van der Waals surface area contributed by atoms with Crippen LogP contribution in [0.15, 0.2) is 18.2 Å². The lowest BCUT2D eigenvalue weighted by atomic mass is 9.82. The normalized spacial score (nSPS) is 27.2. The molecule has 0 aliphatic heterocycles. The molecule has 0 spiro atoms. The number of methoxy groups -OCH3 is 2. The highest BCUT2D eigenvalue weighted by atomic mass is 16.5. The topological polar surface area (TPSA) is 38.7 Å². The van der Waals surface area contributed by atoms with E-state index in [0.717, 1.165) is 31.2 Å². The molecule has 1 aliphatic carbocycles. The summed E-state index contributed by atoms with van der Waals surface area (Å²) in [6, 6.07) is 5.74.